The van der Waals surface area contributed by atoms with Gasteiger partial charge in [0, 0.05) is 11.6 Å². The first-order valence-electron chi connectivity index (χ1n) is 8.75. The average Bonchev–Trinajstić information content (AvgIpc) is 2.72. The second-order valence-corrected chi connectivity index (χ2v) is 6.27. The van der Waals surface area contributed by atoms with Crippen molar-refractivity contribution in [3.8, 4) is 0 Å². The van der Waals surface area contributed by atoms with Crippen molar-refractivity contribution in [2.75, 3.05) is 16.4 Å². The van der Waals surface area contributed by atoms with E-state index in [-0.39, 0.29) is 6.04 Å². The van der Waals surface area contributed by atoms with Gasteiger partial charge in [-0.05, 0) is 24.6 Å². The summed E-state index contributed by atoms with van der Waals surface area (Å²) >= 11 is 0. The number of aromatic nitrogens is 3. The summed E-state index contributed by atoms with van der Waals surface area (Å²) in [7, 11) is 0. The lowest BCUT2D eigenvalue weighted by Crippen LogP contribution is -2.11. The minimum absolute atomic E-state index is 0.0653. The standard InChI is InChI=1S/C21H20N6/c1-14(15-7-3-2-4-8-15)26-20-18(22)21(25-13-24-20)27-17-11-5-9-16-10-6-12-23-19(16)17/h2-14H,22H2,1H3,(H2,24,25,26,27). The van der Waals surface area contributed by atoms with Crippen LogP contribution in [0, 0.1) is 0 Å². The van der Waals surface area contributed by atoms with Crippen molar-refractivity contribution in [1.29, 1.82) is 0 Å². The van der Waals surface area contributed by atoms with E-state index in [0.717, 1.165) is 22.2 Å². The Hall–Kier alpha value is -3.67. The van der Waals surface area contributed by atoms with Gasteiger partial charge in [-0.2, -0.15) is 0 Å². The molecule has 4 rings (SSSR count). The molecule has 0 aliphatic heterocycles. The number of nitrogens with two attached hydrogens (primary N) is 1. The molecule has 134 valence electrons. The van der Waals surface area contributed by atoms with Gasteiger partial charge in [0.05, 0.1) is 17.2 Å². The molecular weight excluding hydrogens is 336 g/mol. The predicted molar refractivity (Wildman–Crippen MR) is 110 cm³/mol. The van der Waals surface area contributed by atoms with E-state index in [2.05, 4.69) is 44.6 Å². The molecule has 4 N–H and O–H groups in total. The summed E-state index contributed by atoms with van der Waals surface area (Å²) in [4.78, 5) is 13.1. The molecule has 1 unspecified atom stereocenters. The largest absolute Gasteiger partial charge is 0.393 e. The van der Waals surface area contributed by atoms with Crippen molar-refractivity contribution in [2.45, 2.75) is 13.0 Å². The summed E-state index contributed by atoms with van der Waals surface area (Å²) in [6.07, 6.45) is 3.27. The number of benzene rings is 2. The molecule has 0 amide bonds. The van der Waals surface area contributed by atoms with Crippen LogP contribution in [0.25, 0.3) is 10.9 Å². The van der Waals surface area contributed by atoms with Crippen LogP contribution in [0.3, 0.4) is 0 Å². The van der Waals surface area contributed by atoms with E-state index in [1.165, 1.54) is 6.33 Å². The summed E-state index contributed by atoms with van der Waals surface area (Å²) in [5.74, 6) is 1.14. The van der Waals surface area contributed by atoms with E-state index in [0.29, 0.717) is 17.3 Å². The Kier molecular flexibility index (Phi) is 4.53. The van der Waals surface area contributed by atoms with Crippen molar-refractivity contribution in [3.63, 3.8) is 0 Å². The molecule has 0 spiro atoms. The normalized spacial score (nSPS) is 11.9. The first-order valence-corrected chi connectivity index (χ1v) is 8.75. The van der Waals surface area contributed by atoms with Crippen molar-refractivity contribution < 1.29 is 0 Å². The second kappa shape index (κ2) is 7.29. The van der Waals surface area contributed by atoms with Crippen LogP contribution in [-0.2, 0) is 0 Å². The molecule has 6 nitrogen and oxygen atoms in total. The fourth-order valence-electron chi connectivity index (χ4n) is 2.97. The second-order valence-electron chi connectivity index (χ2n) is 6.27. The van der Waals surface area contributed by atoms with E-state index >= 15 is 0 Å². The minimum atomic E-state index is 0.0653. The van der Waals surface area contributed by atoms with Gasteiger partial charge in [-0.15, -0.1) is 0 Å². The number of nitrogens with one attached hydrogen (secondary N) is 2. The van der Waals surface area contributed by atoms with Gasteiger partial charge in [0.1, 0.15) is 12.0 Å². The van der Waals surface area contributed by atoms with Gasteiger partial charge in [-0.3, -0.25) is 4.98 Å². The smallest absolute Gasteiger partial charge is 0.159 e. The molecule has 0 saturated heterocycles. The zero-order valence-electron chi connectivity index (χ0n) is 14.9. The highest BCUT2D eigenvalue weighted by molar-refractivity contribution is 5.93. The molecule has 6 heteroatoms. The van der Waals surface area contributed by atoms with Crippen LogP contribution in [0.2, 0.25) is 0 Å². The monoisotopic (exact) mass is 356 g/mol. The molecule has 0 saturated carbocycles. The van der Waals surface area contributed by atoms with Crippen LogP contribution in [0.4, 0.5) is 23.0 Å². The van der Waals surface area contributed by atoms with Crippen LogP contribution in [0.5, 0.6) is 0 Å². The molecule has 0 radical (unpaired) electrons. The predicted octanol–water partition coefficient (Wildman–Crippen LogP) is 4.52. The number of fused-ring (bicyclic) bond motifs is 1. The third kappa shape index (κ3) is 3.50. The van der Waals surface area contributed by atoms with Crippen LogP contribution < -0.4 is 16.4 Å². The molecule has 0 bridgehead atoms. The topological polar surface area (TPSA) is 88.8 Å². The highest BCUT2D eigenvalue weighted by Crippen LogP contribution is 2.30. The molecule has 0 aliphatic carbocycles. The van der Waals surface area contributed by atoms with E-state index in [4.69, 9.17) is 5.73 Å². The summed E-state index contributed by atoms with van der Waals surface area (Å²) in [5, 5.41) is 7.70. The van der Waals surface area contributed by atoms with Crippen molar-refractivity contribution in [1.82, 2.24) is 15.0 Å². The molecule has 2 aromatic carbocycles. The average molecular weight is 356 g/mol. The number of rotatable bonds is 5. The maximum atomic E-state index is 6.33. The van der Waals surface area contributed by atoms with Crippen molar-refractivity contribution in [2.24, 2.45) is 0 Å². The molecule has 1 atom stereocenters. The minimum Gasteiger partial charge on any atom is -0.393 e. The van der Waals surface area contributed by atoms with Gasteiger partial charge in [0.2, 0.25) is 0 Å². The van der Waals surface area contributed by atoms with Crippen LogP contribution in [0.1, 0.15) is 18.5 Å². The maximum Gasteiger partial charge on any atom is 0.159 e. The van der Waals surface area contributed by atoms with Gasteiger partial charge < -0.3 is 16.4 Å². The molecule has 0 fully saturated rings. The molecule has 27 heavy (non-hydrogen) atoms. The van der Waals surface area contributed by atoms with E-state index in [1.54, 1.807) is 6.20 Å². The number of pyridine rings is 1. The van der Waals surface area contributed by atoms with Gasteiger partial charge >= 0.3 is 0 Å². The molecule has 0 aliphatic rings. The van der Waals surface area contributed by atoms with Crippen LogP contribution >= 0.6 is 0 Å². The van der Waals surface area contributed by atoms with Gasteiger partial charge in [0.15, 0.2) is 11.6 Å². The third-order valence-corrected chi connectivity index (χ3v) is 4.42. The van der Waals surface area contributed by atoms with Gasteiger partial charge in [-0.1, -0.05) is 48.5 Å². The van der Waals surface area contributed by atoms with E-state index in [9.17, 15) is 0 Å². The lowest BCUT2D eigenvalue weighted by atomic mass is 10.1. The van der Waals surface area contributed by atoms with Crippen molar-refractivity contribution >= 4 is 33.9 Å². The number of hydrogen-bond donors (Lipinski definition) is 3. The fraction of sp³-hybridized carbons (Fsp3) is 0.0952. The number of hydrogen-bond acceptors (Lipinski definition) is 6. The van der Waals surface area contributed by atoms with E-state index < -0.39 is 0 Å². The lowest BCUT2D eigenvalue weighted by Gasteiger charge is -2.18. The third-order valence-electron chi connectivity index (χ3n) is 4.42. The zero-order valence-corrected chi connectivity index (χ0v) is 14.9. The Morgan fingerprint density at radius 3 is 2.48 bits per heavy atom. The Bertz CT molecular complexity index is 1060. The molecule has 2 aromatic heterocycles. The molecular formula is C21H20N6. The zero-order chi connectivity index (χ0) is 18.6. The van der Waals surface area contributed by atoms with Crippen molar-refractivity contribution in [3.05, 3.63) is 78.8 Å². The summed E-state index contributed by atoms with van der Waals surface area (Å²) in [6, 6.07) is 20.1. The summed E-state index contributed by atoms with van der Waals surface area (Å²) in [6.45, 7) is 2.07. The highest BCUT2D eigenvalue weighted by Gasteiger charge is 2.13. The Morgan fingerprint density at radius 2 is 1.63 bits per heavy atom. The lowest BCUT2D eigenvalue weighted by molar-refractivity contribution is 0.873. The van der Waals surface area contributed by atoms with Gasteiger partial charge in [-0.25, -0.2) is 9.97 Å². The first-order chi connectivity index (χ1) is 13.2. The number of para-hydroxylation sites is 1. The van der Waals surface area contributed by atoms with E-state index in [1.807, 2.05) is 48.5 Å². The highest BCUT2D eigenvalue weighted by atomic mass is 15.1. The number of anilines is 4. The Morgan fingerprint density at radius 1 is 0.852 bits per heavy atom. The quantitative estimate of drug-likeness (QED) is 0.487. The van der Waals surface area contributed by atoms with Crippen LogP contribution in [0.15, 0.2) is 73.2 Å². The molecule has 4 aromatic rings. The van der Waals surface area contributed by atoms with Gasteiger partial charge in [0.25, 0.3) is 0 Å². The summed E-state index contributed by atoms with van der Waals surface area (Å²) in [5.41, 5.74) is 9.67. The Balaban J connectivity index is 1.62. The summed E-state index contributed by atoms with van der Waals surface area (Å²) < 4.78 is 0. The molecule has 2 heterocycles. The maximum absolute atomic E-state index is 6.33. The van der Waals surface area contributed by atoms with Crippen LogP contribution in [-0.4, -0.2) is 15.0 Å². The first kappa shape index (κ1) is 16.8. The Labute approximate surface area is 157 Å². The number of nitrogen functional groups attached to an aromatic ring is 1. The fourth-order valence-corrected chi connectivity index (χ4v) is 2.97. The number of nitrogens with zero attached hydrogens (tertiary/aromatic N) is 3. The SMILES string of the molecule is CC(Nc1ncnc(Nc2cccc3cccnc23)c1N)c1ccccc1.